The van der Waals surface area contributed by atoms with Crippen molar-refractivity contribution >= 4 is 11.8 Å². The molecule has 6 nitrogen and oxygen atoms in total. The van der Waals surface area contributed by atoms with Gasteiger partial charge >= 0.3 is 0 Å². The van der Waals surface area contributed by atoms with Gasteiger partial charge in [-0.15, -0.1) is 0 Å². The summed E-state index contributed by atoms with van der Waals surface area (Å²) in [5.41, 5.74) is 5.61. The summed E-state index contributed by atoms with van der Waals surface area (Å²) >= 11 is 0. The van der Waals surface area contributed by atoms with E-state index in [2.05, 4.69) is 0 Å². The minimum absolute atomic E-state index is 0.0375. The van der Waals surface area contributed by atoms with Crippen LogP contribution >= 0.6 is 0 Å². The number of carbonyl (C=O) groups excluding carboxylic acids is 2. The van der Waals surface area contributed by atoms with Gasteiger partial charge in [0.05, 0.1) is 13.2 Å². The third-order valence-corrected chi connectivity index (χ3v) is 3.12. The highest BCUT2D eigenvalue weighted by molar-refractivity contribution is 5.84. The highest BCUT2D eigenvalue weighted by Gasteiger charge is 2.20. The third-order valence-electron chi connectivity index (χ3n) is 3.12. The number of ether oxygens (including phenoxy) is 1. The Bertz CT molecular complexity index is 278. The SMILES string of the molecule is CCC(CN)CC(=O)N(CCOC)CC(=O)N(C)C. The van der Waals surface area contributed by atoms with Crippen molar-refractivity contribution in [1.82, 2.24) is 9.80 Å². The monoisotopic (exact) mass is 273 g/mol. The van der Waals surface area contributed by atoms with Crippen molar-refractivity contribution in [2.24, 2.45) is 11.7 Å². The fourth-order valence-electron chi connectivity index (χ4n) is 1.57. The second-order valence-electron chi connectivity index (χ2n) is 4.81. The smallest absolute Gasteiger partial charge is 0.241 e. The molecular weight excluding hydrogens is 246 g/mol. The molecule has 0 aliphatic rings. The number of carbonyl (C=O) groups is 2. The molecule has 1 atom stereocenters. The fraction of sp³-hybridized carbons (Fsp3) is 0.846. The molecule has 2 N–H and O–H groups in total. The van der Waals surface area contributed by atoms with Crippen LogP contribution < -0.4 is 5.73 Å². The molecule has 0 bridgehead atoms. The molecule has 112 valence electrons. The molecule has 19 heavy (non-hydrogen) atoms. The lowest BCUT2D eigenvalue weighted by Crippen LogP contribution is -2.42. The number of likely N-dealkylation sites (N-methyl/N-ethyl adjacent to an activating group) is 1. The highest BCUT2D eigenvalue weighted by atomic mass is 16.5. The lowest BCUT2D eigenvalue weighted by Gasteiger charge is -2.25. The van der Waals surface area contributed by atoms with Gasteiger partial charge in [-0.25, -0.2) is 0 Å². The molecular formula is C13H27N3O3. The van der Waals surface area contributed by atoms with Gasteiger partial charge in [-0.05, 0) is 12.5 Å². The lowest BCUT2D eigenvalue weighted by atomic mass is 10.0. The molecule has 0 aliphatic carbocycles. The van der Waals surface area contributed by atoms with E-state index in [1.165, 1.54) is 4.90 Å². The molecule has 0 spiro atoms. The zero-order valence-corrected chi connectivity index (χ0v) is 12.5. The quantitative estimate of drug-likeness (QED) is 0.638. The summed E-state index contributed by atoms with van der Waals surface area (Å²) in [5.74, 6) is 0.0433. The molecule has 0 heterocycles. The number of rotatable bonds is 9. The summed E-state index contributed by atoms with van der Waals surface area (Å²) in [6.07, 6.45) is 1.25. The average molecular weight is 273 g/mol. The number of hydrogen-bond acceptors (Lipinski definition) is 4. The molecule has 0 aromatic rings. The van der Waals surface area contributed by atoms with E-state index >= 15 is 0 Å². The second kappa shape index (κ2) is 9.75. The molecule has 6 heteroatoms. The second-order valence-corrected chi connectivity index (χ2v) is 4.81. The molecule has 0 aromatic heterocycles. The van der Waals surface area contributed by atoms with E-state index < -0.39 is 0 Å². The predicted molar refractivity (Wildman–Crippen MR) is 74.6 cm³/mol. The van der Waals surface area contributed by atoms with Crippen molar-refractivity contribution < 1.29 is 14.3 Å². The number of nitrogens with zero attached hydrogens (tertiary/aromatic N) is 2. The van der Waals surface area contributed by atoms with Crippen molar-refractivity contribution in [2.45, 2.75) is 19.8 Å². The van der Waals surface area contributed by atoms with Gasteiger partial charge in [-0.1, -0.05) is 13.3 Å². The van der Waals surface area contributed by atoms with E-state index in [4.69, 9.17) is 10.5 Å². The lowest BCUT2D eigenvalue weighted by molar-refractivity contribution is -0.140. The molecule has 0 aromatic carbocycles. The van der Waals surface area contributed by atoms with Crippen molar-refractivity contribution in [1.29, 1.82) is 0 Å². The van der Waals surface area contributed by atoms with Gasteiger partial charge in [0.15, 0.2) is 0 Å². The first-order valence-corrected chi connectivity index (χ1v) is 6.63. The number of methoxy groups -OCH3 is 1. The largest absolute Gasteiger partial charge is 0.383 e. The van der Waals surface area contributed by atoms with Crippen LogP contribution in [0.15, 0.2) is 0 Å². The maximum Gasteiger partial charge on any atom is 0.241 e. The molecule has 1 unspecified atom stereocenters. The molecule has 0 aliphatic heterocycles. The maximum absolute atomic E-state index is 12.2. The van der Waals surface area contributed by atoms with Gasteiger partial charge in [-0.3, -0.25) is 9.59 Å². The van der Waals surface area contributed by atoms with E-state index in [9.17, 15) is 9.59 Å². The summed E-state index contributed by atoms with van der Waals surface area (Å²) in [7, 11) is 4.93. The van der Waals surface area contributed by atoms with Gasteiger partial charge in [0.1, 0.15) is 0 Å². The highest BCUT2D eigenvalue weighted by Crippen LogP contribution is 2.09. The van der Waals surface area contributed by atoms with Crippen LogP contribution in [0.3, 0.4) is 0 Å². The Labute approximate surface area is 115 Å². The van der Waals surface area contributed by atoms with Crippen molar-refractivity contribution in [3.05, 3.63) is 0 Å². The zero-order chi connectivity index (χ0) is 14.8. The number of amides is 2. The van der Waals surface area contributed by atoms with Crippen LogP contribution in [-0.2, 0) is 14.3 Å². The Kier molecular flexibility index (Phi) is 9.16. The van der Waals surface area contributed by atoms with E-state index in [1.807, 2.05) is 6.92 Å². The zero-order valence-electron chi connectivity index (χ0n) is 12.5. The first-order chi connectivity index (χ1) is 8.96. The summed E-state index contributed by atoms with van der Waals surface area (Å²) in [4.78, 5) is 26.9. The van der Waals surface area contributed by atoms with E-state index in [-0.39, 0.29) is 24.3 Å². The van der Waals surface area contributed by atoms with Gasteiger partial charge in [0.25, 0.3) is 0 Å². The van der Waals surface area contributed by atoms with Gasteiger partial charge in [0, 0.05) is 34.2 Å². The van der Waals surface area contributed by atoms with Crippen LogP contribution in [0.2, 0.25) is 0 Å². The molecule has 0 saturated heterocycles. The van der Waals surface area contributed by atoms with Crippen molar-refractivity contribution in [2.75, 3.05) is 47.4 Å². The van der Waals surface area contributed by atoms with E-state index in [0.717, 1.165) is 6.42 Å². The van der Waals surface area contributed by atoms with Crippen molar-refractivity contribution in [3.63, 3.8) is 0 Å². The summed E-state index contributed by atoms with van der Waals surface area (Å²) in [6.45, 7) is 3.44. The summed E-state index contributed by atoms with van der Waals surface area (Å²) < 4.78 is 4.98. The number of hydrogen-bond donors (Lipinski definition) is 1. The first kappa shape index (κ1) is 17.9. The Balaban J connectivity index is 4.54. The normalized spacial score (nSPS) is 12.1. The minimum Gasteiger partial charge on any atom is -0.383 e. The molecule has 0 fully saturated rings. The Morgan fingerprint density at radius 2 is 1.89 bits per heavy atom. The average Bonchev–Trinajstić information content (AvgIpc) is 2.39. The maximum atomic E-state index is 12.2. The van der Waals surface area contributed by atoms with Crippen LogP contribution in [0, 0.1) is 5.92 Å². The van der Waals surface area contributed by atoms with Crippen LogP contribution in [0.4, 0.5) is 0 Å². The van der Waals surface area contributed by atoms with Crippen molar-refractivity contribution in [3.8, 4) is 0 Å². The minimum atomic E-state index is -0.0924. The standard InChI is InChI=1S/C13H27N3O3/c1-5-11(9-14)8-12(17)16(6-7-19-4)10-13(18)15(2)3/h11H,5-10,14H2,1-4H3. The Morgan fingerprint density at radius 1 is 1.26 bits per heavy atom. The van der Waals surface area contributed by atoms with Crippen LogP contribution in [-0.4, -0.2) is 69.1 Å². The van der Waals surface area contributed by atoms with Gasteiger partial charge in [0.2, 0.25) is 11.8 Å². The van der Waals surface area contributed by atoms with E-state index in [0.29, 0.717) is 26.1 Å². The molecule has 2 amide bonds. The Morgan fingerprint density at radius 3 is 2.32 bits per heavy atom. The van der Waals surface area contributed by atoms with Gasteiger partial charge in [-0.2, -0.15) is 0 Å². The third kappa shape index (κ3) is 7.12. The predicted octanol–water partition coefficient (Wildman–Crippen LogP) is -0.0754. The molecule has 0 rings (SSSR count). The molecule has 0 saturated carbocycles. The summed E-state index contributed by atoms with van der Waals surface area (Å²) in [5, 5.41) is 0. The number of nitrogens with two attached hydrogens (primary N) is 1. The first-order valence-electron chi connectivity index (χ1n) is 6.63. The van der Waals surface area contributed by atoms with Crippen LogP contribution in [0.1, 0.15) is 19.8 Å². The fourth-order valence-corrected chi connectivity index (χ4v) is 1.57. The molecule has 0 radical (unpaired) electrons. The van der Waals surface area contributed by atoms with Gasteiger partial charge < -0.3 is 20.3 Å². The van der Waals surface area contributed by atoms with Crippen LogP contribution in [0.25, 0.3) is 0 Å². The van der Waals surface area contributed by atoms with E-state index in [1.54, 1.807) is 26.1 Å². The van der Waals surface area contributed by atoms with Crippen LogP contribution in [0.5, 0.6) is 0 Å². The Hall–Kier alpha value is -1.14. The topological polar surface area (TPSA) is 75.9 Å². The summed E-state index contributed by atoms with van der Waals surface area (Å²) in [6, 6.07) is 0.